The van der Waals surface area contributed by atoms with Gasteiger partial charge in [-0.3, -0.25) is 0 Å². The maximum Gasteiger partial charge on any atom is 0.0450 e. The Morgan fingerprint density at radius 2 is 1.18 bits per heavy atom. The fourth-order valence-corrected chi connectivity index (χ4v) is 4.52. The van der Waals surface area contributed by atoms with Crippen LogP contribution in [0.4, 0.5) is 0 Å². The van der Waals surface area contributed by atoms with Crippen molar-refractivity contribution in [3.05, 3.63) is 41.2 Å². The third kappa shape index (κ3) is 4.36. The summed E-state index contributed by atoms with van der Waals surface area (Å²) in [5.74, 6) is 1.91. The molecule has 124 valence electrons. The Kier molecular flexibility index (Phi) is 5.64. The molecule has 0 saturated heterocycles. The van der Waals surface area contributed by atoms with Crippen molar-refractivity contribution in [1.29, 1.82) is 0 Å². The Hall–Kier alpha value is -0.320. The van der Waals surface area contributed by atoms with Crippen LogP contribution >= 0.6 is 18.5 Å². The van der Waals surface area contributed by atoms with E-state index < -0.39 is 7.27 Å². The number of halogens is 1. The van der Waals surface area contributed by atoms with Crippen LogP contribution in [0.1, 0.15) is 79.0 Å². The Morgan fingerprint density at radius 1 is 0.818 bits per heavy atom. The lowest BCUT2D eigenvalue weighted by molar-refractivity contribution is 0.554. The Labute approximate surface area is 143 Å². The molecular formula is C20H32ClP. The summed E-state index contributed by atoms with van der Waals surface area (Å²) < 4.78 is 0. The van der Waals surface area contributed by atoms with E-state index in [4.69, 9.17) is 11.2 Å². The molecule has 0 nitrogen and oxygen atoms in total. The molecule has 1 aromatic rings. The molecular weight excluding hydrogens is 307 g/mol. The van der Waals surface area contributed by atoms with Crippen LogP contribution in [0.5, 0.6) is 0 Å². The van der Waals surface area contributed by atoms with Crippen molar-refractivity contribution in [2.45, 2.75) is 78.6 Å². The molecule has 0 spiro atoms. The van der Waals surface area contributed by atoms with Gasteiger partial charge in [-0.15, -0.1) is 0 Å². The van der Waals surface area contributed by atoms with Gasteiger partial charge in [-0.1, -0.05) is 92.3 Å². The van der Waals surface area contributed by atoms with Crippen molar-refractivity contribution in [2.75, 3.05) is 0 Å². The predicted octanol–water partition coefficient (Wildman–Crippen LogP) is 6.98. The second-order valence-corrected chi connectivity index (χ2v) is 11.7. The van der Waals surface area contributed by atoms with Gasteiger partial charge in [0.25, 0.3) is 0 Å². The third-order valence-electron chi connectivity index (χ3n) is 3.97. The standard InChI is InChI=1S/C20H32ClP/c1-11-22(21)17-15(19(5,6)7)12-14(18(2,3)4)13-16(17)20(8,9)10/h11-13H,1H2,2-10H3. The van der Waals surface area contributed by atoms with Crippen LogP contribution in [0.15, 0.2) is 24.5 Å². The molecule has 1 unspecified atom stereocenters. The van der Waals surface area contributed by atoms with Gasteiger partial charge in [0.05, 0.1) is 0 Å². The first-order valence-corrected chi connectivity index (χ1v) is 10.3. The zero-order valence-corrected chi connectivity index (χ0v) is 17.4. The summed E-state index contributed by atoms with van der Waals surface area (Å²) in [6, 6.07) is 4.73. The first-order chi connectivity index (χ1) is 9.69. The second kappa shape index (κ2) is 6.29. The average molecular weight is 339 g/mol. The lowest BCUT2D eigenvalue weighted by Gasteiger charge is -2.34. The van der Waals surface area contributed by atoms with Crippen molar-refractivity contribution in [2.24, 2.45) is 0 Å². The summed E-state index contributed by atoms with van der Waals surface area (Å²) in [6.07, 6.45) is 0. The fourth-order valence-electron chi connectivity index (χ4n) is 2.53. The van der Waals surface area contributed by atoms with Crippen molar-refractivity contribution >= 4 is 23.8 Å². The topological polar surface area (TPSA) is 0 Å². The quantitative estimate of drug-likeness (QED) is 0.510. The van der Waals surface area contributed by atoms with Crippen LogP contribution in [-0.4, -0.2) is 0 Å². The highest BCUT2D eigenvalue weighted by atomic mass is 35.7. The molecule has 22 heavy (non-hydrogen) atoms. The van der Waals surface area contributed by atoms with Gasteiger partial charge in [-0.25, -0.2) is 0 Å². The molecule has 0 amide bonds. The minimum atomic E-state index is -0.856. The highest BCUT2D eigenvalue weighted by molar-refractivity contribution is 7.92. The van der Waals surface area contributed by atoms with Crippen LogP contribution in [0.25, 0.3) is 0 Å². The maximum atomic E-state index is 6.73. The molecule has 2 heteroatoms. The molecule has 0 aliphatic carbocycles. The van der Waals surface area contributed by atoms with Gasteiger partial charge >= 0.3 is 0 Å². The summed E-state index contributed by atoms with van der Waals surface area (Å²) in [7, 11) is -0.856. The molecule has 0 bridgehead atoms. The molecule has 0 aliphatic rings. The highest BCUT2D eigenvalue weighted by Gasteiger charge is 2.31. The lowest BCUT2D eigenvalue weighted by atomic mass is 9.75. The van der Waals surface area contributed by atoms with E-state index in [2.05, 4.69) is 81.0 Å². The van der Waals surface area contributed by atoms with E-state index in [-0.39, 0.29) is 16.2 Å². The molecule has 1 atom stereocenters. The third-order valence-corrected chi connectivity index (χ3v) is 6.12. The van der Waals surface area contributed by atoms with Crippen LogP contribution in [0.3, 0.4) is 0 Å². The van der Waals surface area contributed by atoms with Crippen molar-refractivity contribution in [3.8, 4) is 0 Å². The van der Waals surface area contributed by atoms with E-state index in [0.29, 0.717) is 0 Å². The maximum absolute atomic E-state index is 6.73. The predicted molar refractivity (Wildman–Crippen MR) is 105 cm³/mol. The van der Waals surface area contributed by atoms with E-state index in [1.165, 1.54) is 22.0 Å². The molecule has 0 radical (unpaired) electrons. The summed E-state index contributed by atoms with van der Waals surface area (Å²) in [5.41, 5.74) is 4.37. The summed E-state index contributed by atoms with van der Waals surface area (Å²) in [4.78, 5) is 0. The molecule has 1 aromatic carbocycles. The monoisotopic (exact) mass is 338 g/mol. The van der Waals surface area contributed by atoms with Gasteiger partial charge in [-0.2, -0.15) is 0 Å². The van der Waals surface area contributed by atoms with E-state index in [1.807, 2.05) is 5.82 Å². The van der Waals surface area contributed by atoms with Gasteiger partial charge in [-0.05, 0) is 38.8 Å². The van der Waals surface area contributed by atoms with Crippen LogP contribution in [0.2, 0.25) is 0 Å². The molecule has 0 aromatic heterocycles. The fraction of sp³-hybridized carbons (Fsp3) is 0.600. The number of hydrogen-bond donors (Lipinski definition) is 0. The average Bonchev–Trinajstić information content (AvgIpc) is 2.33. The van der Waals surface area contributed by atoms with Crippen LogP contribution in [-0.2, 0) is 16.2 Å². The summed E-state index contributed by atoms with van der Waals surface area (Å²) >= 11 is 6.73. The Bertz CT molecular complexity index is 516. The zero-order valence-electron chi connectivity index (χ0n) is 15.8. The van der Waals surface area contributed by atoms with Crippen molar-refractivity contribution < 1.29 is 0 Å². The normalized spacial score (nSPS) is 14.8. The van der Waals surface area contributed by atoms with Crippen LogP contribution in [0, 0.1) is 0 Å². The first-order valence-electron chi connectivity index (χ1n) is 7.96. The second-order valence-electron chi connectivity index (χ2n) is 9.16. The largest absolute Gasteiger partial charge is 0.0971 e. The minimum Gasteiger partial charge on any atom is -0.0971 e. The SMILES string of the molecule is C=CP(Cl)c1c(C(C)(C)C)cc(C(C)(C)C)cc1C(C)(C)C. The molecule has 0 N–H and O–H groups in total. The van der Waals surface area contributed by atoms with Gasteiger partial charge in [0, 0.05) is 12.6 Å². The Morgan fingerprint density at radius 3 is 1.41 bits per heavy atom. The van der Waals surface area contributed by atoms with Crippen LogP contribution < -0.4 is 5.30 Å². The first kappa shape index (κ1) is 19.7. The molecule has 0 saturated carbocycles. The lowest BCUT2D eigenvalue weighted by Crippen LogP contribution is -2.30. The highest BCUT2D eigenvalue weighted by Crippen LogP contribution is 2.48. The van der Waals surface area contributed by atoms with E-state index in [1.54, 1.807) is 0 Å². The van der Waals surface area contributed by atoms with Gasteiger partial charge in [0.15, 0.2) is 0 Å². The van der Waals surface area contributed by atoms with E-state index >= 15 is 0 Å². The number of benzene rings is 1. The smallest absolute Gasteiger partial charge is 0.0450 e. The van der Waals surface area contributed by atoms with Crippen molar-refractivity contribution in [1.82, 2.24) is 0 Å². The molecule has 0 heterocycles. The summed E-state index contributed by atoms with van der Waals surface area (Å²) in [5, 5.41) is 1.31. The van der Waals surface area contributed by atoms with E-state index in [9.17, 15) is 0 Å². The number of hydrogen-bond acceptors (Lipinski definition) is 0. The van der Waals surface area contributed by atoms with Gasteiger partial charge in [0.2, 0.25) is 0 Å². The minimum absolute atomic E-state index is 0.0646. The number of rotatable bonds is 2. The zero-order chi connectivity index (χ0) is 17.5. The molecule has 1 rings (SSSR count). The molecule has 0 fully saturated rings. The summed E-state index contributed by atoms with van der Waals surface area (Å²) in [6.45, 7) is 24.4. The molecule has 0 aliphatic heterocycles. The van der Waals surface area contributed by atoms with Crippen molar-refractivity contribution in [3.63, 3.8) is 0 Å². The van der Waals surface area contributed by atoms with Gasteiger partial charge in [0.1, 0.15) is 0 Å². The van der Waals surface area contributed by atoms with Gasteiger partial charge < -0.3 is 0 Å². The van der Waals surface area contributed by atoms with E-state index in [0.717, 1.165) is 0 Å². The Balaban J connectivity index is 3.90.